The van der Waals surface area contributed by atoms with Crippen molar-refractivity contribution in [3.05, 3.63) is 57.7 Å². The molecule has 0 spiro atoms. The first-order valence-electron chi connectivity index (χ1n) is 13.4. The number of amides is 3. The minimum Gasteiger partial charge on any atom is -0.366 e. The summed E-state index contributed by atoms with van der Waals surface area (Å²) in [5.74, 6) is -0.918. The van der Waals surface area contributed by atoms with Crippen molar-refractivity contribution in [1.82, 2.24) is 24.7 Å². The number of aromatic nitrogens is 2. The molecule has 0 bridgehead atoms. The van der Waals surface area contributed by atoms with Gasteiger partial charge >= 0.3 is 11.7 Å². The van der Waals surface area contributed by atoms with Gasteiger partial charge in [-0.25, -0.2) is 18.4 Å². The molecule has 0 aliphatic carbocycles. The average Bonchev–Trinajstić information content (AvgIpc) is 3.20. The van der Waals surface area contributed by atoms with E-state index in [9.17, 15) is 23.2 Å². The largest absolute Gasteiger partial charge is 0.366 e. The number of fused-ring (bicyclic) bond motifs is 1. The highest BCUT2D eigenvalue weighted by molar-refractivity contribution is 7.98. The minimum absolute atomic E-state index is 0.0328. The fourth-order valence-electron chi connectivity index (χ4n) is 5.81. The molecule has 0 unspecified atom stereocenters. The number of imidazole rings is 1. The quantitative estimate of drug-likeness (QED) is 0.503. The molecule has 9 nitrogen and oxygen atoms in total. The van der Waals surface area contributed by atoms with Gasteiger partial charge in [-0.15, -0.1) is 0 Å². The summed E-state index contributed by atoms with van der Waals surface area (Å²) in [6.45, 7) is 2.31. The van der Waals surface area contributed by atoms with E-state index in [0.29, 0.717) is 57.6 Å². The number of H-pyrrole nitrogens is 1. The number of likely N-dealkylation sites (tertiary alicyclic amines) is 2. The molecule has 3 amide bonds. The van der Waals surface area contributed by atoms with Gasteiger partial charge in [-0.3, -0.25) is 14.3 Å². The van der Waals surface area contributed by atoms with E-state index in [1.807, 2.05) is 18.4 Å². The molecule has 3 aliphatic rings. The highest BCUT2D eigenvalue weighted by Crippen LogP contribution is 2.31. The molecule has 2 atom stereocenters. The second kappa shape index (κ2) is 11.8. The highest BCUT2D eigenvalue weighted by atomic mass is 32.2. The lowest BCUT2D eigenvalue weighted by Crippen LogP contribution is -2.53. The zero-order chi connectivity index (χ0) is 27.5. The summed E-state index contributed by atoms with van der Waals surface area (Å²) in [4.78, 5) is 45.5. The fourth-order valence-corrected chi connectivity index (χ4v) is 6.21. The van der Waals surface area contributed by atoms with Crippen molar-refractivity contribution in [3.8, 4) is 0 Å². The van der Waals surface area contributed by atoms with E-state index in [0.717, 1.165) is 17.6 Å². The Labute approximate surface area is 230 Å². The normalized spacial score (nSPS) is 21.9. The van der Waals surface area contributed by atoms with Crippen LogP contribution in [0.15, 0.2) is 29.1 Å². The first-order chi connectivity index (χ1) is 18.9. The van der Waals surface area contributed by atoms with Gasteiger partial charge < -0.3 is 20.4 Å². The summed E-state index contributed by atoms with van der Waals surface area (Å²) in [6.07, 6.45) is 7.86. The van der Waals surface area contributed by atoms with E-state index in [2.05, 4.69) is 15.6 Å². The maximum atomic E-state index is 14.6. The van der Waals surface area contributed by atoms with Gasteiger partial charge in [-0.05, 0) is 49.6 Å². The standard InChI is InChI=1S/C27H34F2N6O3S/c1-39-15-14-34-16-17(19-4-2-5-20(28)23(19)29)7-8-21(25(34)36)31-26(37)33-12-9-18(10-13-33)35-22-6-3-11-30-24(22)32-27(35)38/h2-6,17-18,21,30H,7-16H2,1H3,(H,31,37)(H,32,38)/t17-,21-/m1/s1. The lowest BCUT2D eigenvalue weighted by molar-refractivity contribution is -0.132. The fraction of sp³-hybridized carbons (Fsp3) is 0.519. The minimum atomic E-state index is -0.901. The van der Waals surface area contributed by atoms with E-state index >= 15 is 0 Å². The summed E-state index contributed by atoms with van der Waals surface area (Å²) in [6, 6.07) is 3.05. The van der Waals surface area contributed by atoms with Crippen molar-refractivity contribution in [3.63, 3.8) is 0 Å². The monoisotopic (exact) mass is 560 g/mol. The Bertz CT molecular complexity index is 1300. The maximum Gasteiger partial charge on any atom is 0.327 e. The van der Waals surface area contributed by atoms with Crippen LogP contribution >= 0.6 is 11.8 Å². The van der Waals surface area contributed by atoms with E-state index in [4.69, 9.17) is 0 Å². The molecule has 1 aromatic carbocycles. The Morgan fingerprint density at radius 1 is 1.15 bits per heavy atom. The predicted molar refractivity (Wildman–Crippen MR) is 148 cm³/mol. The summed E-state index contributed by atoms with van der Waals surface area (Å²) in [5, 5.41) is 6.08. The van der Waals surface area contributed by atoms with Crippen molar-refractivity contribution in [1.29, 1.82) is 0 Å². The van der Waals surface area contributed by atoms with Crippen LogP contribution in [0.3, 0.4) is 0 Å². The third-order valence-corrected chi connectivity index (χ3v) is 8.49. The van der Waals surface area contributed by atoms with Gasteiger partial charge in [-0.2, -0.15) is 11.8 Å². The Kier molecular flexibility index (Phi) is 8.29. The smallest absolute Gasteiger partial charge is 0.327 e. The maximum absolute atomic E-state index is 14.6. The molecule has 0 saturated carbocycles. The molecule has 2 saturated heterocycles. The van der Waals surface area contributed by atoms with Crippen LogP contribution in [0.5, 0.6) is 0 Å². The van der Waals surface area contributed by atoms with Crippen molar-refractivity contribution in [2.45, 2.75) is 43.7 Å². The van der Waals surface area contributed by atoms with Crippen molar-refractivity contribution in [2.24, 2.45) is 0 Å². The number of halogens is 2. The Morgan fingerprint density at radius 2 is 1.95 bits per heavy atom. The Morgan fingerprint density at radius 3 is 2.72 bits per heavy atom. The number of nitrogens with one attached hydrogen (secondary N) is 3. The molecular formula is C27H34F2N6O3S. The molecular weight excluding hydrogens is 526 g/mol. The summed E-state index contributed by atoms with van der Waals surface area (Å²) < 4.78 is 30.3. The molecule has 210 valence electrons. The van der Waals surface area contributed by atoms with Gasteiger partial charge in [-0.1, -0.05) is 18.2 Å². The number of aromatic amines is 1. The number of thioether (sulfide) groups is 1. The SMILES string of the molecule is CSCCN1C[C@H](c2cccc(F)c2F)CC[C@@H](NC(=O)N2CCC(n3c4c([nH]c3=O)NCC=C4)CC2)C1=O. The van der Waals surface area contributed by atoms with Crippen LogP contribution in [0.2, 0.25) is 0 Å². The molecule has 2 aromatic rings. The van der Waals surface area contributed by atoms with Gasteiger partial charge in [0, 0.05) is 50.4 Å². The average molecular weight is 561 g/mol. The van der Waals surface area contributed by atoms with E-state index in [-0.39, 0.29) is 41.7 Å². The van der Waals surface area contributed by atoms with Crippen LogP contribution in [0.25, 0.3) is 6.08 Å². The molecule has 39 heavy (non-hydrogen) atoms. The lowest BCUT2D eigenvalue weighted by atomic mass is 9.93. The number of piperidine rings is 1. The molecule has 12 heteroatoms. The van der Waals surface area contributed by atoms with Crippen molar-refractivity contribution >= 4 is 35.6 Å². The zero-order valence-corrected chi connectivity index (χ0v) is 22.7. The highest BCUT2D eigenvalue weighted by Gasteiger charge is 2.35. The second-order valence-electron chi connectivity index (χ2n) is 10.3. The van der Waals surface area contributed by atoms with Crippen LogP contribution < -0.4 is 16.3 Å². The van der Waals surface area contributed by atoms with Crippen molar-refractivity contribution in [2.75, 3.05) is 50.0 Å². The predicted octanol–water partition coefficient (Wildman–Crippen LogP) is 3.38. The Hall–Kier alpha value is -3.28. The number of nitrogens with zero attached hydrogens (tertiary/aromatic N) is 3. The van der Waals surface area contributed by atoms with Crippen LogP contribution in [0.1, 0.15) is 48.9 Å². The van der Waals surface area contributed by atoms with E-state index in [1.165, 1.54) is 6.07 Å². The van der Waals surface area contributed by atoms with Gasteiger partial charge in [0.05, 0.1) is 5.69 Å². The number of carbonyl (C=O) groups is 2. The van der Waals surface area contributed by atoms with Crippen LogP contribution in [0.4, 0.5) is 19.4 Å². The number of hydrogen-bond acceptors (Lipinski definition) is 5. The molecule has 0 radical (unpaired) electrons. The summed E-state index contributed by atoms with van der Waals surface area (Å²) in [7, 11) is 0. The Balaban J connectivity index is 1.24. The number of urea groups is 1. The third kappa shape index (κ3) is 5.70. The molecule has 5 rings (SSSR count). The molecule has 1 aromatic heterocycles. The first kappa shape index (κ1) is 27.3. The van der Waals surface area contributed by atoms with Crippen molar-refractivity contribution < 1.29 is 18.4 Å². The number of benzene rings is 1. The van der Waals surface area contributed by atoms with Gasteiger partial charge in [0.15, 0.2) is 11.6 Å². The van der Waals surface area contributed by atoms with Gasteiger partial charge in [0.2, 0.25) is 5.91 Å². The third-order valence-electron chi connectivity index (χ3n) is 7.89. The van der Waals surface area contributed by atoms with E-state index in [1.54, 1.807) is 32.2 Å². The summed E-state index contributed by atoms with van der Waals surface area (Å²) >= 11 is 1.59. The number of carbonyl (C=O) groups excluding carboxylic acids is 2. The number of hydrogen-bond donors (Lipinski definition) is 3. The topological polar surface area (TPSA) is 102 Å². The van der Waals surface area contributed by atoms with Crippen LogP contribution in [-0.2, 0) is 4.79 Å². The molecule has 3 N–H and O–H groups in total. The van der Waals surface area contributed by atoms with Crippen LogP contribution in [-0.4, -0.2) is 82.1 Å². The first-order valence-corrected chi connectivity index (χ1v) is 14.8. The lowest BCUT2D eigenvalue weighted by Gasteiger charge is -2.34. The molecule has 3 aliphatic heterocycles. The van der Waals surface area contributed by atoms with Gasteiger partial charge in [0.1, 0.15) is 11.9 Å². The van der Waals surface area contributed by atoms with Crippen LogP contribution in [0, 0.1) is 11.6 Å². The second-order valence-corrected chi connectivity index (χ2v) is 11.2. The molecule has 4 heterocycles. The molecule has 2 fully saturated rings. The number of rotatable bonds is 6. The number of anilines is 1. The zero-order valence-electron chi connectivity index (χ0n) is 21.9. The summed E-state index contributed by atoms with van der Waals surface area (Å²) in [5.41, 5.74) is 0.923. The van der Waals surface area contributed by atoms with Gasteiger partial charge in [0.25, 0.3) is 0 Å². The van der Waals surface area contributed by atoms with E-state index < -0.39 is 17.7 Å².